The van der Waals surface area contributed by atoms with Crippen LogP contribution < -0.4 is 0 Å². The van der Waals surface area contributed by atoms with Gasteiger partial charge in [-0.3, -0.25) is 0 Å². The molecule has 3 nitrogen and oxygen atoms in total. The smallest absolute Gasteiger partial charge is 0.403 e. The van der Waals surface area contributed by atoms with Crippen molar-refractivity contribution in [2.45, 2.75) is 64.0 Å². The average Bonchev–Trinajstić information content (AvgIpc) is 3.06. The molecule has 2 aliphatic rings. The quantitative estimate of drug-likeness (QED) is 0.762. The van der Waals surface area contributed by atoms with Crippen LogP contribution in [0, 0.1) is 6.92 Å². The largest absolute Gasteiger partial charge is 0.461 e. The fourth-order valence-corrected chi connectivity index (χ4v) is 4.12. The monoisotopic (exact) mass is 315 g/mol. The Labute approximate surface area is 136 Å². The summed E-state index contributed by atoms with van der Waals surface area (Å²) in [5.74, 6) is 1.04. The van der Waals surface area contributed by atoms with Gasteiger partial charge in [-0.25, -0.2) is 4.98 Å². The number of fused-ring (bicyclic) bond motifs is 1. The standard InChI is InChI=1S/C17H22BNO2S/c1-10-19-14-7-6-11(8-15(14)22-10)12-9-13(12)18-20-16(2,3)17(4,5)21-18/h6-8,12-13H,9H2,1-5H3/t12?,13-/m0/s1. The average molecular weight is 315 g/mol. The van der Waals surface area contributed by atoms with E-state index in [1.807, 2.05) is 0 Å². The molecule has 0 radical (unpaired) electrons. The number of aryl methyl sites for hydroxylation is 1. The van der Waals surface area contributed by atoms with Gasteiger partial charge in [0.05, 0.1) is 26.4 Å². The van der Waals surface area contributed by atoms with Gasteiger partial charge in [0, 0.05) is 5.82 Å². The normalized spacial score (nSPS) is 29.2. The van der Waals surface area contributed by atoms with Gasteiger partial charge in [0.15, 0.2) is 0 Å². The van der Waals surface area contributed by atoms with Gasteiger partial charge in [0.25, 0.3) is 0 Å². The van der Waals surface area contributed by atoms with Crippen molar-refractivity contribution in [3.8, 4) is 0 Å². The molecule has 5 heteroatoms. The van der Waals surface area contributed by atoms with Crippen LogP contribution in [-0.4, -0.2) is 23.3 Å². The van der Waals surface area contributed by atoms with Crippen molar-refractivity contribution < 1.29 is 9.31 Å². The summed E-state index contributed by atoms with van der Waals surface area (Å²) in [6, 6.07) is 6.67. The lowest BCUT2D eigenvalue weighted by Crippen LogP contribution is -2.41. The van der Waals surface area contributed by atoms with Crippen LogP contribution in [0.15, 0.2) is 18.2 Å². The first-order valence-corrected chi connectivity index (χ1v) is 8.81. The third kappa shape index (κ3) is 2.22. The number of hydrogen-bond donors (Lipinski definition) is 0. The molecule has 1 saturated carbocycles. The van der Waals surface area contributed by atoms with Crippen molar-refractivity contribution >= 4 is 28.7 Å². The zero-order chi connectivity index (χ0) is 15.7. The zero-order valence-electron chi connectivity index (χ0n) is 13.8. The topological polar surface area (TPSA) is 31.4 Å². The van der Waals surface area contributed by atoms with Crippen molar-refractivity contribution in [1.29, 1.82) is 0 Å². The maximum Gasteiger partial charge on any atom is 0.461 e. The predicted molar refractivity (Wildman–Crippen MR) is 91.5 cm³/mol. The lowest BCUT2D eigenvalue weighted by atomic mass is 9.79. The van der Waals surface area contributed by atoms with Crippen molar-refractivity contribution in [2.75, 3.05) is 0 Å². The minimum absolute atomic E-state index is 0.0751. The highest BCUT2D eigenvalue weighted by Crippen LogP contribution is 2.58. The maximum absolute atomic E-state index is 6.20. The fraction of sp³-hybridized carbons (Fsp3) is 0.588. The van der Waals surface area contributed by atoms with E-state index in [9.17, 15) is 0 Å². The second kappa shape index (κ2) is 4.56. The zero-order valence-corrected chi connectivity index (χ0v) is 14.7. The molecule has 2 atom stereocenters. The molecule has 1 aromatic carbocycles. The molecule has 0 spiro atoms. The van der Waals surface area contributed by atoms with E-state index >= 15 is 0 Å². The van der Waals surface area contributed by atoms with Gasteiger partial charge >= 0.3 is 7.12 Å². The van der Waals surface area contributed by atoms with Gasteiger partial charge in [0.1, 0.15) is 0 Å². The predicted octanol–water partition coefficient (Wildman–Crippen LogP) is 4.55. The second-order valence-electron chi connectivity index (χ2n) is 7.59. The summed E-state index contributed by atoms with van der Waals surface area (Å²) in [6.07, 6.45) is 1.15. The van der Waals surface area contributed by atoms with Crippen LogP contribution in [0.3, 0.4) is 0 Å². The Morgan fingerprint density at radius 1 is 1.18 bits per heavy atom. The summed E-state index contributed by atoms with van der Waals surface area (Å²) in [5.41, 5.74) is 2.04. The van der Waals surface area contributed by atoms with Crippen LogP contribution >= 0.6 is 11.3 Å². The van der Waals surface area contributed by atoms with E-state index < -0.39 is 0 Å². The highest BCUT2D eigenvalue weighted by atomic mass is 32.1. The van der Waals surface area contributed by atoms with E-state index in [0.29, 0.717) is 11.7 Å². The molecule has 116 valence electrons. The molecule has 2 fully saturated rings. The molecular weight excluding hydrogens is 293 g/mol. The first kappa shape index (κ1) is 14.7. The molecular formula is C17H22BNO2S. The van der Waals surface area contributed by atoms with Crippen molar-refractivity contribution in [3.05, 3.63) is 28.8 Å². The Bertz CT molecular complexity index is 723. The Balaban J connectivity index is 1.54. The molecule has 4 rings (SSSR count). The number of thiazole rings is 1. The molecule has 1 aliphatic heterocycles. The van der Waals surface area contributed by atoms with Gasteiger partial charge in [-0.05, 0) is 64.7 Å². The summed E-state index contributed by atoms with van der Waals surface area (Å²) in [5, 5.41) is 1.13. The van der Waals surface area contributed by atoms with E-state index in [0.717, 1.165) is 16.9 Å². The van der Waals surface area contributed by atoms with Crippen LogP contribution in [0.4, 0.5) is 0 Å². The number of rotatable bonds is 2. The van der Waals surface area contributed by atoms with Gasteiger partial charge in [-0.1, -0.05) is 6.07 Å². The minimum atomic E-state index is -0.233. The number of benzene rings is 1. The number of nitrogens with zero attached hydrogens (tertiary/aromatic N) is 1. The number of aromatic nitrogens is 1. The van der Waals surface area contributed by atoms with E-state index in [1.54, 1.807) is 11.3 Å². The Morgan fingerprint density at radius 2 is 1.86 bits per heavy atom. The third-order valence-corrected chi connectivity index (χ3v) is 6.34. The summed E-state index contributed by atoms with van der Waals surface area (Å²) in [7, 11) is -0.0751. The molecule has 2 aromatic rings. The van der Waals surface area contributed by atoms with Gasteiger partial charge in [0.2, 0.25) is 0 Å². The van der Waals surface area contributed by atoms with Gasteiger partial charge in [-0.15, -0.1) is 11.3 Å². The highest BCUT2D eigenvalue weighted by molar-refractivity contribution is 7.18. The highest BCUT2D eigenvalue weighted by Gasteiger charge is 2.59. The molecule has 1 unspecified atom stereocenters. The second-order valence-corrected chi connectivity index (χ2v) is 8.83. The fourth-order valence-electron chi connectivity index (χ4n) is 3.25. The van der Waals surface area contributed by atoms with E-state index in [-0.39, 0.29) is 18.3 Å². The van der Waals surface area contributed by atoms with Crippen LogP contribution in [0.2, 0.25) is 5.82 Å². The molecule has 1 saturated heterocycles. The van der Waals surface area contributed by atoms with Gasteiger partial charge < -0.3 is 9.31 Å². The van der Waals surface area contributed by atoms with Crippen molar-refractivity contribution in [2.24, 2.45) is 0 Å². The summed E-state index contributed by atoms with van der Waals surface area (Å²) >= 11 is 1.77. The molecule has 1 aliphatic carbocycles. The summed E-state index contributed by atoms with van der Waals surface area (Å²) in [6.45, 7) is 10.6. The van der Waals surface area contributed by atoms with Crippen LogP contribution in [0.1, 0.15) is 50.6 Å². The lowest BCUT2D eigenvalue weighted by molar-refractivity contribution is 0.00578. The third-order valence-electron chi connectivity index (χ3n) is 5.41. The van der Waals surface area contributed by atoms with E-state index in [4.69, 9.17) is 9.31 Å². The molecule has 0 N–H and O–H groups in total. The van der Waals surface area contributed by atoms with Crippen LogP contribution in [0.5, 0.6) is 0 Å². The van der Waals surface area contributed by atoms with Crippen molar-refractivity contribution in [3.63, 3.8) is 0 Å². The Hall–Kier alpha value is -0.905. The van der Waals surface area contributed by atoms with E-state index in [1.165, 1.54) is 10.3 Å². The van der Waals surface area contributed by atoms with Crippen LogP contribution in [-0.2, 0) is 9.31 Å². The molecule has 22 heavy (non-hydrogen) atoms. The first-order valence-electron chi connectivity index (χ1n) is 7.99. The maximum atomic E-state index is 6.20. The first-order chi connectivity index (χ1) is 10.3. The van der Waals surface area contributed by atoms with Gasteiger partial charge in [-0.2, -0.15) is 0 Å². The SMILES string of the molecule is Cc1nc2ccc(C3C[C@@H]3B3OC(C)(C)C(C)(C)O3)cc2s1. The Kier molecular flexibility index (Phi) is 3.04. The molecule has 0 amide bonds. The number of hydrogen-bond acceptors (Lipinski definition) is 4. The summed E-state index contributed by atoms with van der Waals surface area (Å²) in [4.78, 5) is 4.54. The summed E-state index contributed by atoms with van der Waals surface area (Å²) < 4.78 is 13.7. The minimum Gasteiger partial charge on any atom is -0.403 e. The Morgan fingerprint density at radius 3 is 2.55 bits per heavy atom. The molecule has 2 heterocycles. The lowest BCUT2D eigenvalue weighted by Gasteiger charge is -2.32. The molecule has 0 bridgehead atoms. The van der Waals surface area contributed by atoms with Crippen molar-refractivity contribution in [1.82, 2.24) is 4.98 Å². The van der Waals surface area contributed by atoms with Crippen LogP contribution in [0.25, 0.3) is 10.2 Å². The van der Waals surface area contributed by atoms with E-state index in [2.05, 4.69) is 57.8 Å². The molecule has 1 aromatic heterocycles.